The molecule has 2 unspecified atom stereocenters. The van der Waals surface area contributed by atoms with Gasteiger partial charge < -0.3 is 15.2 Å². The van der Waals surface area contributed by atoms with Crippen molar-refractivity contribution in [1.29, 1.82) is 0 Å². The summed E-state index contributed by atoms with van der Waals surface area (Å²) in [7, 11) is 0. The van der Waals surface area contributed by atoms with Crippen molar-refractivity contribution < 1.29 is 14.6 Å². The number of hydrogen-bond donors (Lipinski definition) is 2. The average molecular weight is 304 g/mol. The van der Waals surface area contributed by atoms with Gasteiger partial charge in [0.2, 0.25) is 5.91 Å². The first-order valence-electron chi connectivity index (χ1n) is 8.10. The smallest absolute Gasteiger partial charge is 0.230 e. The molecule has 120 valence electrons. The molecule has 22 heavy (non-hydrogen) atoms. The van der Waals surface area contributed by atoms with Gasteiger partial charge in [0.15, 0.2) is 0 Å². The molecule has 2 N–H and O–H groups in total. The Bertz CT molecular complexity index is 497. The zero-order valence-electron chi connectivity index (χ0n) is 12.8. The molecule has 1 heterocycles. The lowest BCUT2D eigenvalue weighted by Crippen LogP contribution is -2.35. The summed E-state index contributed by atoms with van der Waals surface area (Å²) in [6.07, 6.45) is 1.96. The highest BCUT2D eigenvalue weighted by Gasteiger charge is 2.31. The number of rotatable bonds is 4. The van der Waals surface area contributed by atoms with Crippen LogP contribution in [0.15, 0.2) is 24.3 Å². The summed E-state index contributed by atoms with van der Waals surface area (Å²) in [5.74, 6) is -0.320. The fraction of sp³-hybridized carbons (Fsp3) is 0.588. The molecule has 0 radical (unpaired) electrons. The van der Waals surface area contributed by atoms with Crippen LogP contribution in [0.1, 0.15) is 24.8 Å². The second-order valence-corrected chi connectivity index (χ2v) is 6.18. The van der Waals surface area contributed by atoms with Gasteiger partial charge >= 0.3 is 0 Å². The van der Waals surface area contributed by atoms with Crippen molar-refractivity contribution in [3.63, 3.8) is 0 Å². The maximum Gasteiger partial charge on any atom is 0.230 e. The molecule has 2 atom stereocenters. The Morgan fingerprint density at radius 1 is 1.23 bits per heavy atom. The molecule has 3 rings (SSSR count). The molecule has 5 nitrogen and oxygen atoms in total. The monoisotopic (exact) mass is 304 g/mol. The summed E-state index contributed by atoms with van der Waals surface area (Å²) in [6.45, 7) is 4.46. The molecule has 0 bridgehead atoms. The van der Waals surface area contributed by atoms with Crippen molar-refractivity contribution >= 4 is 11.6 Å². The Morgan fingerprint density at radius 2 is 1.95 bits per heavy atom. The predicted molar refractivity (Wildman–Crippen MR) is 84.5 cm³/mol. The van der Waals surface area contributed by atoms with E-state index in [4.69, 9.17) is 4.74 Å². The van der Waals surface area contributed by atoms with Crippen LogP contribution in [0.4, 0.5) is 5.69 Å². The number of nitrogens with zero attached hydrogens (tertiary/aromatic N) is 1. The van der Waals surface area contributed by atoms with Gasteiger partial charge in [-0.05, 0) is 37.0 Å². The van der Waals surface area contributed by atoms with Gasteiger partial charge in [0, 0.05) is 25.3 Å². The van der Waals surface area contributed by atoms with E-state index in [0.717, 1.165) is 57.8 Å². The summed E-state index contributed by atoms with van der Waals surface area (Å²) in [5.41, 5.74) is 2.04. The van der Waals surface area contributed by atoms with Gasteiger partial charge in [-0.2, -0.15) is 0 Å². The van der Waals surface area contributed by atoms with Crippen LogP contribution < -0.4 is 5.32 Å². The Morgan fingerprint density at radius 3 is 2.59 bits per heavy atom. The summed E-state index contributed by atoms with van der Waals surface area (Å²) in [5, 5.41) is 12.7. The maximum atomic E-state index is 12.1. The molecule has 1 aliphatic heterocycles. The van der Waals surface area contributed by atoms with Crippen molar-refractivity contribution in [1.82, 2.24) is 4.90 Å². The quantitative estimate of drug-likeness (QED) is 0.887. The maximum absolute atomic E-state index is 12.1. The molecule has 1 saturated carbocycles. The normalized spacial score (nSPS) is 26.0. The number of benzene rings is 1. The minimum absolute atomic E-state index is 0.0640. The fourth-order valence-corrected chi connectivity index (χ4v) is 3.19. The highest BCUT2D eigenvalue weighted by atomic mass is 16.5. The van der Waals surface area contributed by atoms with Crippen molar-refractivity contribution in [2.24, 2.45) is 5.92 Å². The molecule has 1 aliphatic carbocycles. The highest BCUT2D eigenvalue weighted by Crippen LogP contribution is 2.26. The van der Waals surface area contributed by atoms with E-state index in [1.807, 2.05) is 12.1 Å². The molecule has 1 aromatic carbocycles. The van der Waals surface area contributed by atoms with E-state index >= 15 is 0 Å². The van der Waals surface area contributed by atoms with E-state index < -0.39 is 6.10 Å². The second kappa shape index (κ2) is 7.22. The number of anilines is 1. The summed E-state index contributed by atoms with van der Waals surface area (Å²) in [4.78, 5) is 14.5. The molecular formula is C17H24N2O3. The third-order valence-electron chi connectivity index (χ3n) is 4.55. The number of ether oxygens (including phenoxy) is 1. The van der Waals surface area contributed by atoms with Crippen LogP contribution in [-0.4, -0.2) is 48.3 Å². The van der Waals surface area contributed by atoms with E-state index in [2.05, 4.69) is 22.3 Å². The SMILES string of the molecule is O=C(Nc1ccc(CN2CCOCC2)cc1)C1CCCC1O. The minimum atomic E-state index is -0.486. The molecule has 2 fully saturated rings. The van der Waals surface area contributed by atoms with Crippen LogP contribution >= 0.6 is 0 Å². The zero-order valence-corrected chi connectivity index (χ0v) is 12.8. The minimum Gasteiger partial charge on any atom is -0.392 e. The molecule has 1 amide bonds. The number of nitrogens with one attached hydrogen (secondary N) is 1. The first-order valence-corrected chi connectivity index (χ1v) is 8.10. The van der Waals surface area contributed by atoms with Crippen LogP contribution in [-0.2, 0) is 16.1 Å². The summed E-state index contributed by atoms with van der Waals surface area (Å²) in [6, 6.07) is 7.98. The number of morpholine rings is 1. The molecule has 5 heteroatoms. The number of aliphatic hydroxyl groups excluding tert-OH is 1. The third-order valence-corrected chi connectivity index (χ3v) is 4.55. The van der Waals surface area contributed by atoms with E-state index in [0.29, 0.717) is 0 Å². The van der Waals surface area contributed by atoms with Gasteiger partial charge in [-0.25, -0.2) is 0 Å². The van der Waals surface area contributed by atoms with Crippen molar-refractivity contribution in [3.8, 4) is 0 Å². The van der Waals surface area contributed by atoms with Crippen LogP contribution in [0.25, 0.3) is 0 Å². The van der Waals surface area contributed by atoms with Crippen molar-refractivity contribution in [2.75, 3.05) is 31.6 Å². The Hall–Kier alpha value is -1.43. The number of amides is 1. The van der Waals surface area contributed by atoms with Crippen LogP contribution in [0.3, 0.4) is 0 Å². The van der Waals surface area contributed by atoms with E-state index in [9.17, 15) is 9.90 Å². The Kier molecular flexibility index (Phi) is 5.08. The van der Waals surface area contributed by atoms with Gasteiger partial charge in [-0.1, -0.05) is 12.1 Å². The van der Waals surface area contributed by atoms with Gasteiger partial charge in [-0.3, -0.25) is 9.69 Å². The van der Waals surface area contributed by atoms with Gasteiger partial charge in [-0.15, -0.1) is 0 Å². The van der Waals surface area contributed by atoms with Crippen LogP contribution in [0.5, 0.6) is 0 Å². The average Bonchev–Trinajstić information content (AvgIpc) is 2.96. The van der Waals surface area contributed by atoms with Crippen LogP contribution in [0, 0.1) is 5.92 Å². The predicted octanol–water partition coefficient (Wildman–Crippen LogP) is 1.62. The van der Waals surface area contributed by atoms with E-state index in [1.54, 1.807) is 0 Å². The first-order chi connectivity index (χ1) is 10.7. The van der Waals surface area contributed by atoms with E-state index in [-0.39, 0.29) is 11.8 Å². The molecule has 2 aliphatic rings. The molecule has 1 saturated heterocycles. The molecule has 0 aromatic heterocycles. The largest absolute Gasteiger partial charge is 0.392 e. The molecule has 0 spiro atoms. The number of aliphatic hydroxyl groups is 1. The Balaban J connectivity index is 1.53. The standard InChI is InChI=1S/C17H24N2O3/c20-16-3-1-2-15(16)17(21)18-14-6-4-13(5-7-14)12-19-8-10-22-11-9-19/h4-7,15-16,20H,1-3,8-12H2,(H,18,21). The highest BCUT2D eigenvalue weighted by molar-refractivity contribution is 5.93. The lowest BCUT2D eigenvalue weighted by Gasteiger charge is -2.26. The topological polar surface area (TPSA) is 61.8 Å². The fourth-order valence-electron chi connectivity index (χ4n) is 3.19. The summed E-state index contributed by atoms with van der Waals surface area (Å²) < 4.78 is 5.35. The van der Waals surface area contributed by atoms with Crippen molar-refractivity contribution in [3.05, 3.63) is 29.8 Å². The zero-order chi connectivity index (χ0) is 15.4. The van der Waals surface area contributed by atoms with Crippen LogP contribution in [0.2, 0.25) is 0 Å². The number of hydrogen-bond acceptors (Lipinski definition) is 4. The second-order valence-electron chi connectivity index (χ2n) is 6.18. The van der Waals surface area contributed by atoms with Gasteiger partial charge in [0.05, 0.1) is 25.2 Å². The van der Waals surface area contributed by atoms with Gasteiger partial charge in [0.1, 0.15) is 0 Å². The lowest BCUT2D eigenvalue weighted by atomic mass is 10.1. The number of carbonyl (C=O) groups is 1. The lowest BCUT2D eigenvalue weighted by molar-refractivity contribution is -0.122. The third kappa shape index (κ3) is 3.85. The molecular weight excluding hydrogens is 280 g/mol. The first kappa shape index (κ1) is 15.5. The Labute approximate surface area is 131 Å². The summed E-state index contributed by atoms with van der Waals surface area (Å²) >= 11 is 0. The van der Waals surface area contributed by atoms with Crippen molar-refractivity contribution in [2.45, 2.75) is 31.9 Å². The van der Waals surface area contributed by atoms with E-state index in [1.165, 1.54) is 5.56 Å². The van der Waals surface area contributed by atoms with Gasteiger partial charge in [0.25, 0.3) is 0 Å². The number of carbonyl (C=O) groups excluding carboxylic acids is 1. The molecule has 1 aromatic rings.